The molecule has 2 unspecified atom stereocenters. The molecule has 1 aliphatic heterocycles. The minimum absolute atomic E-state index is 0.414. The molecule has 0 spiro atoms. The van der Waals surface area contributed by atoms with Crippen LogP contribution in [0.3, 0.4) is 0 Å². The quantitative estimate of drug-likeness (QED) is 0.631. The number of unbranched alkanes of at least 4 members (excludes halogenated alkanes) is 4. The van der Waals surface area contributed by atoms with E-state index in [1.165, 1.54) is 51.4 Å². The number of rotatable bonds is 10. The summed E-state index contributed by atoms with van der Waals surface area (Å²) in [6, 6.07) is 0.732. The monoisotopic (exact) mass is 301 g/mol. The highest BCUT2D eigenvalue weighted by atomic mass is 32.2. The number of hydrogen-bond acceptors (Lipinski definition) is 3. The van der Waals surface area contributed by atoms with Crippen molar-refractivity contribution in [3.05, 3.63) is 0 Å². The fourth-order valence-electron chi connectivity index (χ4n) is 3.32. The molecule has 2 atom stereocenters. The van der Waals surface area contributed by atoms with Crippen LogP contribution in [0.2, 0.25) is 0 Å². The van der Waals surface area contributed by atoms with Gasteiger partial charge in [-0.3, -0.25) is 0 Å². The fourth-order valence-corrected chi connectivity index (χ4v) is 5.24. The molecule has 2 rings (SSSR count). The van der Waals surface area contributed by atoms with Gasteiger partial charge in [-0.2, -0.15) is 0 Å². The Labute approximate surface area is 124 Å². The predicted octanol–water partition coefficient (Wildman–Crippen LogP) is 3.15. The molecule has 0 aromatic rings. The molecule has 0 aromatic heterocycles. The van der Waals surface area contributed by atoms with Gasteiger partial charge >= 0.3 is 0 Å². The lowest BCUT2D eigenvalue weighted by molar-refractivity contribution is 0.313. The second kappa shape index (κ2) is 7.79. The van der Waals surface area contributed by atoms with Crippen molar-refractivity contribution in [1.29, 1.82) is 0 Å². The maximum Gasteiger partial charge on any atom is 0.150 e. The summed E-state index contributed by atoms with van der Waals surface area (Å²) in [5.74, 6) is 1.86. The Morgan fingerprint density at radius 2 is 1.85 bits per heavy atom. The van der Waals surface area contributed by atoms with Crippen molar-refractivity contribution in [2.45, 2.75) is 70.8 Å². The standard InChI is InChI=1S/C16H31NO2S/c1-2-3-4-5-6-7-14(12-17-16-8-9-16)15-10-11-20(18,19)13-15/h14-17H,2-13H2,1H3. The molecule has 0 radical (unpaired) electrons. The van der Waals surface area contributed by atoms with Crippen molar-refractivity contribution in [2.24, 2.45) is 11.8 Å². The highest BCUT2D eigenvalue weighted by Gasteiger charge is 2.34. The van der Waals surface area contributed by atoms with E-state index in [-0.39, 0.29) is 0 Å². The Kier molecular flexibility index (Phi) is 6.34. The highest BCUT2D eigenvalue weighted by Crippen LogP contribution is 2.30. The highest BCUT2D eigenvalue weighted by molar-refractivity contribution is 7.91. The molecule has 1 saturated carbocycles. The largest absolute Gasteiger partial charge is 0.314 e. The van der Waals surface area contributed by atoms with Crippen LogP contribution in [0.15, 0.2) is 0 Å². The van der Waals surface area contributed by atoms with E-state index in [2.05, 4.69) is 12.2 Å². The lowest BCUT2D eigenvalue weighted by Gasteiger charge is -2.23. The topological polar surface area (TPSA) is 46.2 Å². The van der Waals surface area contributed by atoms with Crippen molar-refractivity contribution >= 4 is 9.84 Å². The Balaban J connectivity index is 1.74. The zero-order valence-corrected chi connectivity index (χ0v) is 13.8. The number of hydrogen-bond donors (Lipinski definition) is 1. The third-order valence-corrected chi connectivity index (χ3v) is 6.65. The van der Waals surface area contributed by atoms with Gasteiger partial charge in [0.15, 0.2) is 9.84 Å². The van der Waals surface area contributed by atoms with Gasteiger partial charge in [0, 0.05) is 6.04 Å². The third kappa shape index (κ3) is 5.72. The van der Waals surface area contributed by atoms with Gasteiger partial charge in [0.05, 0.1) is 11.5 Å². The predicted molar refractivity (Wildman–Crippen MR) is 84.7 cm³/mol. The molecular weight excluding hydrogens is 270 g/mol. The third-order valence-electron chi connectivity index (χ3n) is 4.86. The smallest absolute Gasteiger partial charge is 0.150 e. The maximum atomic E-state index is 11.7. The minimum Gasteiger partial charge on any atom is -0.314 e. The Morgan fingerprint density at radius 3 is 2.45 bits per heavy atom. The van der Waals surface area contributed by atoms with E-state index < -0.39 is 9.84 Å². The van der Waals surface area contributed by atoms with E-state index in [9.17, 15) is 8.42 Å². The summed E-state index contributed by atoms with van der Waals surface area (Å²) in [7, 11) is -2.73. The summed E-state index contributed by atoms with van der Waals surface area (Å²) in [6.45, 7) is 3.28. The first kappa shape index (κ1) is 16.3. The number of sulfone groups is 1. The van der Waals surface area contributed by atoms with Gasteiger partial charge in [0.2, 0.25) is 0 Å². The van der Waals surface area contributed by atoms with E-state index in [0.29, 0.717) is 23.3 Å². The van der Waals surface area contributed by atoms with Crippen molar-refractivity contribution in [2.75, 3.05) is 18.1 Å². The second-order valence-electron chi connectivity index (χ2n) is 6.81. The first-order chi connectivity index (χ1) is 9.61. The zero-order valence-electron chi connectivity index (χ0n) is 12.9. The van der Waals surface area contributed by atoms with E-state index >= 15 is 0 Å². The summed E-state index contributed by atoms with van der Waals surface area (Å²) in [4.78, 5) is 0. The molecule has 2 fully saturated rings. The van der Waals surface area contributed by atoms with Crippen LogP contribution in [0.5, 0.6) is 0 Å². The summed E-state index contributed by atoms with van der Waals surface area (Å²) in [6.07, 6.45) is 11.3. The molecule has 2 aliphatic rings. The van der Waals surface area contributed by atoms with Crippen LogP contribution >= 0.6 is 0 Å². The minimum atomic E-state index is -2.73. The second-order valence-corrected chi connectivity index (χ2v) is 9.04. The van der Waals surface area contributed by atoms with Crippen molar-refractivity contribution in [1.82, 2.24) is 5.32 Å². The van der Waals surface area contributed by atoms with Gasteiger partial charge in [-0.1, -0.05) is 39.0 Å². The molecule has 0 amide bonds. The Morgan fingerprint density at radius 1 is 1.10 bits per heavy atom. The van der Waals surface area contributed by atoms with Crippen LogP contribution < -0.4 is 5.32 Å². The summed E-state index contributed by atoms with van der Waals surface area (Å²) < 4.78 is 23.4. The molecule has 118 valence electrons. The van der Waals surface area contributed by atoms with Crippen LogP contribution in [0.4, 0.5) is 0 Å². The molecule has 20 heavy (non-hydrogen) atoms. The molecule has 1 heterocycles. The van der Waals surface area contributed by atoms with Crippen molar-refractivity contribution < 1.29 is 8.42 Å². The first-order valence-corrected chi connectivity index (χ1v) is 10.4. The summed E-state index contributed by atoms with van der Waals surface area (Å²) >= 11 is 0. The van der Waals surface area contributed by atoms with Crippen LogP contribution in [-0.2, 0) is 9.84 Å². The molecular formula is C16H31NO2S. The first-order valence-electron chi connectivity index (χ1n) is 8.54. The molecule has 3 nitrogen and oxygen atoms in total. The van der Waals surface area contributed by atoms with Crippen LogP contribution in [0.1, 0.15) is 64.7 Å². The van der Waals surface area contributed by atoms with Gasteiger partial charge in [0.1, 0.15) is 0 Å². The SMILES string of the molecule is CCCCCCCC(CNC1CC1)C1CCS(=O)(=O)C1. The molecule has 1 aliphatic carbocycles. The fraction of sp³-hybridized carbons (Fsp3) is 1.00. The zero-order chi connectivity index (χ0) is 14.4. The molecule has 1 saturated heterocycles. The average Bonchev–Trinajstić information content (AvgIpc) is 3.16. The van der Waals surface area contributed by atoms with E-state index in [4.69, 9.17) is 0 Å². The summed E-state index contributed by atoms with van der Waals surface area (Å²) in [5, 5.41) is 3.62. The van der Waals surface area contributed by atoms with Crippen molar-refractivity contribution in [3.8, 4) is 0 Å². The Bertz CT molecular complexity index is 376. The lowest BCUT2D eigenvalue weighted by atomic mass is 9.87. The van der Waals surface area contributed by atoms with Gasteiger partial charge < -0.3 is 5.32 Å². The molecule has 0 aromatic carbocycles. The van der Waals surface area contributed by atoms with Crippen molar-refractivity contribution in [3.63, 3.8) is 0 Å². The van der Waals surface area contributed by atoms with E-state index in [1.807, 2.05) is 0 Å². The molecule has 0 bridgehead atoms. The number of nitrogens with one attached hydrogen (secondary N) is 1. The Hall–Kier alpha value is -0.0900. The van der Waals surface area contributed by atoms with Crippen LogP contribution in [0.25, 0.3) is 0 Å². The van der Waals surface area contributed by atoms with E-state index in [1.54, 1.807) is 0 Å². The normalized spacial score (nSPS) is 26.8. The van der Waals surface area contributed by atoms with Gasteiger partial charge in [-0.25, -0.2) is 8.42 Å². The lowest BCUT2D eigenvalue weighted by Crippen LogP contribution is -2.30. The van der Waals surface area contributed by atoms with Crippen LogP contribution in [-0.4, -0.2) is 32.5 Å². The van der Waals surface area contributed by atoms with Gasteiger partial charge in [-0.05, 0) is 44.1 Å². The molecule has 1 N–H and O–H groups in total. The molecule has 4 heteroatoms. The average molecular weight is 301 g/mol. The van der Waals surface area contributed by atoms with Gasteiger partial charge in [0.25, 0.3) is 0 Å². The maximum absolute atomic E-state index is 11.7. The van der Waals surface area contributed by atoms with Crippen LogP contribution in [0, 0.1) is 11.8 Å². The van der Waals surface area contributed by atoms with Gasteiger partial charge in [-0.15, -0.1) is 0 Å². The van der Waals surface area contributed by atoms with E-state index in [0.717, 1.165) is 19.0 Å². The summed E-state index contributed by atoms with van der Waals surface area (Å²) in [5.41, 5.74) is 0.